The van der Waals surface area contributed by atoms with Gasteiger partial charge < -0.3 is 9.84 Å². The molecule has 0 spiro atoms. The van der Waals surface area contributed by atoms with Crippen molar-refractivity contribution >= 4 is 17.5 Å². The molecule has 16 heavy (non-hydrogen) atoms. The number of methoxy groups -OCH3 is 1. The highest BCUT2D eigenvalue weighted by Gasteiger charge is 2.11. The highest BCUT2D eigenvalue weighted by molar-refractivity contribution is 7.07. The molecule has 0 amide bonds. The van der Waals surface area contributed by atoms with Gasteiger partial charge in [-0.25, -0.2) is 9.78 Å². The zero-order chi connectivity index (χ0) is 11.5. The largest absolute Gasteiger partial charge is 0.497 e. The van der Waals surface area contributed by atoms with Crippen molar-refractivity contribution in [1.29, 1.82) is 0 Å². The van der Waals surface area contributed by atoms with Crippen LogP contribution in [0.25, 0.3) is 11.4 Å². The Bertz CT molecular complexity index is 507. The molecule has 6 heteroatoms. The number of nitrogens with zero attached hydrogens (tertiary/aromatic N) is 2. The molecule has 1 aromatic heterocycles. The Labute approximate surface area is 95.5 Å². The first-order valence-corrected chi connectivity index (χ1v) is 5.19. The smallest absolute Gasteiger partial charge is 0.366 e. The molecule has 0 aliphatic rings. The summed E-state index contributed by atoms with van der Waals surface area (Å²) in [6.45, 7) is 0. The molecule has 5 nitrogen and oxygen atoms in total. The van der Waals surface area contributed by atoms with Crippen LogP contribution in [-0.2, 0) is 0 Å². The lowest BCUT2D eigenvalue weighted by Crippen LogP contribution is -1.94. The van der Waals surface area contributed by atoms with Crippen molar-refractivity contribution in [2.75, 3.05) is 7.11 Å². The van der Waals surface area contributed by atoms with E-state index in [0.717, 1.165) is 22.8 Å². The summed E-state index contributed by atoms with van der Waals surface area (Å²) in [5, 5.41) is 8.71. The third-order valence-electron chi connectivity index (χ3n) is 1.96. The molecule has 0 radical (unpaired) electrons. The van der Waals surface area contributed by atoms with Gasteiger partial charge in [0.15, 0.2) is 5.82 Å². The van der Waals surface area contributed by atoms with Crippen molar-refractivity contribution < 1.29 is 14.6 Å². The summed E-state index contributed by atoms with van der Waals surface area (Å²) in [7, 11) is 1.58. The van der Waals surface area contributed by atoms with Crippen molar-refractivity contribution in [1.82, 2.24) is 9.36 Å². The van der Waals surface area contributed by atoms with Crippen LogP contribution < -0.4 is 4.74 Å². The van der Waals surface area contributed by atoms with Crippen LogP contribution in [0.15, 0.2) is 24.3 Å². The van der Waals surface area contributed by atoms with Gasteiger partial charge in [-0.3, -0.25) is 0 Å². The van der Waals surface area contributed by atoms with E-state index >= 15 is 0 Å². The van der Waals surface area contributed by atoms with Gasteiger partial charge in [-0.05, 0) is 35.8 Å². The monoisotopic (exact) mass is 236 g/mol. The molecule has 82 valence electrons. The molecule has 0 saturated carbocycles. The molecule has 2 rings (SSSR count). The molecular formula is C10H8N2O3S. The fourth-order valence-electron chi connectivity index (χ4n) is 1.17. The van der Waals surface area contributed by atoms with E-state index in [2.05, 4.69) is 9.36 Å². The topological polar surface area (TPSA) is 72.3 Å². The third kappa shape index (κ3) is 2.01. The van der Waals surface area contributed by atoms with Crippen LogP contribution in [-0.4, -0.2) is 27.5 Å². The second-order valence-electron chi connectivity index (χ2n) is 2.96. The molecular weight excluding hydrogens is 228 g/mol. The van der Waals surface area contributed by atoms with Gasteiger partial charge in [0.25, 0.3) is 0 Å². The quantitative estimate of drug-likeness (QED) is 0.881. The summed E-state index contributed by atoms with van der Waals surface area (Å²) in [5.41, 5.74) is 0.768. The normalized spacial score (nSPS) is 10.1. The first kappa shape index (κ1) is 10.6. The van der Waals surface area contributed by atoms with Crippen LogP contribution in [0.2, 0.25) is 0 Å². The summed E-state index contributed by atoms with van der Waals surface area (Å²) in [5.74, 6) is 0.0970. The van der Waals surface area contributed by atoms with Crippen molar-refractivity contribution in [3.63, 3.8) is 0 Å². The maximum atomic E-state index is 10.6. The number of ether oxygens (including phenoxy) is 1. The number of carboxylic acid groups (broad SMARTS) is 1. The molecule has 1 N–H and O–H groups in total. The van der Waals surface area contributed by atoms with E-state index in [1.807, 2.05) is 0 Å². The second kappa shape index (κ2) is 4.28. The average molecular weight is 236 g/mol. The van der Waals surface area contributed by atoms with E-state index in [9.17, 15) is 4.79 Å². The van der Waals surface area contributed by atoms with Gasteiger partial charge in [0.1, 0.15) is 5.75 Å². The Morgan fingerprint density at radius 3 is 2.56 bits per heavy atom. The maximum absolute atomic E-state index is 10.6. The van der Waals surface area contributed by atoms with Crippen molar-refractivity contribution in [2.45, 2.75) is 0 Å². The number of carboxylic acids is 1. The van der Waals surface area contributed by atoms with Crippen molar-refractivity contribution in [2.24, 2.45) is 0 Å². The average Bonchev–Trinajstić information content (AvgIpc) is 2.78. The molecule has 0 atom stereocenters. The first-order chi connectivity index (χ1) is 7.70. The number of rotatable bonds is 3. The molecule has 1 aromatic carbocycles. The standard InChI is InChI=1S/C10H8N2O3S/c1-15-7-4-2-6(3-5-7)8-11-9(10(13)14)16-12-8/h2-5H,1H3,(H,13,14). The first-order valence-electron chi connectivity index (χ1n) is 4.42. The van der Waals surface area contributed by atoms with Crippen LogP contribution >= 0.6 is 11.5 Å². The van der Waals surface area contributed by atoms with Crippen molar-refractivity contribution in [3.05, 3.63) is 29.3 Å². The minimum absolute atomic E-state index is 0.00850. The second-order valence-corrected chi connectivity index (χ2v) is 3.71. The Hall–Kier alpha value is -1.95. The predicted molar refractivity (Wildman–Crippen MR) is 58.9 cm³/mol. The molecule has 0 aliphatic carbocycles. The minimum Gasteiger partial charge on any atom is -0.497 e. The lowest BCUT2D eigenvalue weighted by molar-refractivity contribution is 0.0696. The molecule has 1 heterocycles. The number of hydrogen-bond acceptors (Lipinski definition) is 5. The lowest BCUT2D eigenvalue weighted by atomic mass is 10.2. The summed E-state index contributed by atoms with van der Waals surface area (Å²) >= 11 is 0.871. The van der Waals surface area contributed by atoms with E-state index in [-0.39, 0.29) is 5.01 Å². The summed E-state index contributed by atoms with van der Waals surface area (Å²) in [6.07, 6.45) is 0. The van der Waals surface area contributed by atoms with E-state index in [0.29, 0.717) is 5.82 Å². The van der Waals surface area contributed by atoms with Crippen molar-refractivity contribution in [3.8, 4) is 17.1 Å². The SMILES string of the molecule is COc1ccc(-c2nsc(C(=O)O)n2)cc1. The van der Waals surface area contributed by atoms with Crippen LogP contribution in [0.4, 0.5) is 0 Å². The molecule has 0 bridgehead atoms. The summed E-state index contributed by atoms with van der Waals surface area (Å²) in [6, 6.07) is 7.12. The minimum atomic E-state index is -1.06. The van der Waals surface area contributed by atoms with Gasteiger partial charge in [-0.15, -0.1) is 0 Å². The van der Waals surface area contributed by atoms with Crippen LogP contribution in [0, 0.1) is 0 Å². The third-order valence-corrected chi connectivity index (χ3v) is 2.66. The zero-order valence-corrected chi connectivity index (χ0v) is 9.19. The van der Waals surface area contributed by atoms with Gasteiger partial charge in [0, 0.05) is 5.56 Å². The van der Waals surface area contributed by atoms with E-state index in [1.54, 1.807) is 31.4 Å². The fourth-order valence-corrected chi connectivity index (χ4v) is 1.69. The highest BCUT2D eigenvalue weighted by Crippen LogP contribution is 2.21. The van der Waals surface area contributed by atoms with E-state index in [4.69, 9.17) is 9.84 Å². The van der Waals surface area contributed by atoms with E-state index < -0.39 is 5.97 Å². The zero-order valence-electron chi connectivity index (χ0n) is 8.38. The predicted octanol–water partition coefficient (Wildman–Crippen LogP) is 1.91. The fraction of sp³-hybridized carbons (Fsp3) is 0.100. The highest BCUT2D eigenvalue weighted by atomic mass is 32.1. The van der Waals surface area contributed by atoms with Gasteiger partial charge in [-0.2, -0.15) is 4.37 Å². The van der Waals surface area contributed by atoms with Crippen LogP contribution in [0.3, 0.4) is 0 Å². The molecule has 2 aromatic rings. The van der Waals surface area contributed by atoms with Gasteiger partial charge in [0.05, 0.1) is 7.11 Å². The number of benzene rings is 1. The number of hydrogen-bond donors (Lipinski definition) is 1. The van der Waals surface area contributed by atoms with Gasteiger partial charge in [-0.1, -0.05) is 0 Å². The van der Waals surface area contributed by atoms with Crippen LogP contribution in [0.1, 0.15) is 9.80 Å². The summed E-state index contributed by atoms with van der Waals surface area (Å²) < 4.78 is 8.99. The molecule has 0 fully saturated rings. The Kier molecular flexibility index (Phi) is 2.82. The molecule has 0 unspecified atom stereocenters. The van der Waals surface area contributed by atoms with E-state index in [1.165, 1.54) is 0 Å². The Morgan fingerprint density at radius 1 is 1.38 bits per heavy atom. The number of carbonyl (C=O) groups is 1. The maximum Gasteiger partial charge on any atom is 0.366 e. The molecule has 0 saturated heterocycles. The Morgan fingerprint density at radius 2 is 2.06 bits per heavy atom. The Balaban J connectivity index is 2.31. The summed E-state index contributed by atoms with van der Waals surface area (Å²) in [4.78, 5) is 14.5. The number of aromatic carboxylic acids is 1. The lowest BCUT2D eigenvalue weighted by Gasteiger charge is -1.99. The van der Waals surface area contributed by atoms with Crippen LogP contribution in [0.5, 0.6) is 5.75 Å². The number of aromatic nitrogens is 2. The molecule has 0 aliphatic heterocycles. The van der Waals surface area contributed by atoms with Gasteiger partial charge >= 0.3 is 5.97 Å². The van der Waals surface area contributed by atoms with Gasteiger partial charge in [0.2, 0.25) is 5.01 Å².